The maximum absolute atomic E-state index is 12.4. The average molecular weight is 312 g/mol. The molecule has 0 radical (unpaired) electrons. The Morgan fingerprint density at radius 2 is 2.19 bits per heavy atom. The maximum atomic E-state index is 12.4. The van der Waals surface area contributed by atoms with Gasteiger partial charge in [0.05, 0.1) is 19.3 Å². The first-order valence-electron chi connectivity index (χ1n) is 6.81. The molecule has 1 aliphatic rings. The fourth-order valence-corrected chi connectivity index (χ4v) is 3.10. The zero-order chi connectivity index (χ0) is 15.4. The third-order valence-corrected chi connectivity index (χ3v) is 4.70. The van der Waals surface area contributed by atoms with Crippen LogP contribution in [-0.4, -0.2) is 66.8 Å². The first-order valence-corrected chi connectivity index (χ1v) is 7.69. The van der Waals surface area contributed by atoms with E-state index < -0.39 is 17.9 Å². The minimum absolute atomic E-state index is 0.163. The molecule has 0 aromatic carbocycles. The smallest absolute Gasteiger partial charge is 0.319 e. The van der Waals surface area contributed by atoms with Gasteiger partial charge in [-0.3, -0.25) is 4.79 Å². The van der Waals surface area contributed by atoms with E-state index in [9.17, 15) is 9.59 Å². The summed E-state index contributed by atoms with van der Waals surface area (Å²) < 4.78 is 5.21. The Hall–Kier alpha value is -1.60. The van der Waals surface area contributed by atoms with Gasteiger partial charge in [0.1, 0.15) is 5.92 Å². The van der Waals surface area contributed by atoms with Crippen molar-refractivity contribution >= 4 is 23.3 Å². The highest BCUT2D eigenvalue weighted by Crippen LogP contribution is 2.20. The summed E-state index contributed by atoms with van der Waals surface area (Å²) in [6.07, 6.45) is 0.803. The normalized spacial score (nSPS) is 21.2. The molecule has 1 fully saturated rings. The van der Waals surface area contributed by atoms with Gasteiger partial charge in [-0.25, -0.2) is 4.79 Å². The lowest BCUT2D eigenvalue weighted by Gasteiger charge is -2.30. The minimum Gasteiger partial charge on any atom is -0.481 e. The van der Waals surface area contributed by atoms with E-state index in [0.29, 0.717) is 6.54 Å². The van der Waals surface area contributed by atoms with E-state index in [1.165, 1.54) is 9.78 Å². The summed E-state index contributed by atoms with van der Waals surface area (Å²) in [5.74, 6) is -1.57. The molecule has 1 aliphatic heterocycles. The first kappa shape index (κ1) is 15.8. The average Bonchev–Trinajstić information content (AvgIpc) is 3.13. The molecule has 0 aliphatic carbocycles. The predicted octanol–water partition coefficient (Wildman–Crippen LogP) is 1.37. The Kier molecular flexibility index (Phi) is 5.19. The summed E-state index contributed by atoms with van der Waals surface area (Å²) in [5, 5.41) is 11.2. The van der Waals surface area contributed by atoms with Crippen LogP contribution in [0.15, 0.2) is 17.5 Å². The van der Waals surface area contributed by atoms with E-state index in [1.54, 1.807) is 30.3 Å². The SMILES string of the molecule is CN(CCc1cccs1)C(=O)N(C)C1COCC1C(=O)O. The van der Waals surface area contributed by atoms with Gasteiger partial charge in [0.2, 0.25) is 0 Å². The highest BCUT2D eigenvalue weighted by molar-refractivity contribution is 7.09. The number of ether oxygens (including phenoxy) is 1. The maximum Gasteiger partial charge on any atom is 0.319 e. The zero-order valence-corrected chi connectivity index (χ0v) is 13.0. The van der Waals surface area contributed by atoms with E-state index in [2.05, 4.69) is 0 Å². The summed E-state index contributed by atoms with van der Waals surface area (Å²) in [7, 11) is 3.37. The molecule has 1 saturated heterocycles. The number of thiophene rings is 1. The van der Waals surface area contributed by atoms with Crippen LogP contribution in [0.4, 0.5) is 4.79 Å². The number of carbonyl (C=O) groups is 2. The highest BCUT2D eigenvalue weighted by Gasteiger charge is 2.39. The molecule has 1 aromatic heterocycles. The molecule has 1 N–H and O–H groups in total. The van der Waals surface area contributed by atoms with E-state index in [4.69, 9.17) is 9.84 Å². The molecule has 0 spiro atoms. The number of urea groups is 1. The summed E-state index contributed by atoms with van der Waals surface area (Å²) in [4.78, 5) is 27.9. The topological polar surface area (TPSA) is 70.1 Å². The number of carbonyl (C=O) groups excluding carboxylic acids is 1. The lowest BCUT2D eigenvalue weighted by atomic mass is 10.0. The summed E-state index contributed by atoms with van der Waals surface area (Å²) in [5.41, 5.74) is 0. The molecule has 2 amide bonds. The molecular formula is C14H20N2O4S. The number of hydrogen-bond donors (Lipinski definition) is 1. The van der Waals surface area contributed by atoms with Gasteiger partial charge in [-0.15, -0.1) is 11.3 Å². The van der Waals surface area contributed by atoms with Gasteiger partial charge >= 0.3 is 12.0 Å². The van der Waals surface area contributed by atoms with E-state index in [1.807, 2.05) is 17.5 Å². The second-order valence-electron chi connectivity index (χ2n) is 5.19. The van der Waals surface area contributed by atoms with Crippen LogP contribution < -0.4 is 0 Å². The third-order valence-electron chi connectivity index (χ3n) is 3.77. The van der Waals surface area contributed by atoms with Crippen molar-refractivity contribution in [2.24, 2.45) is 5.92 Å². The Bertz CT molecular complexity index is 491. The molecule has 2 atom stereocenters. The quantitative estimate of drug-likeness (QED) is 0.891. The molecule has 2 rings (SSSR count). The number of carboxylic acids is 1. The summed E-state index contributed by atoms with van der Waals surface area (Å²) >= 11 is 1.67. The summed E-state index contributed by atoms with van der Waals surface area (Å²) in [6, 6.07) is 3.45. The summed E-state index contributed by atoms with van der Waals surface area (Å²) in [6.45, 7) is 1.05. The Morgan fingerprint density at radius 3 is 2.81 bits per heavy atom. The molecule has 2 heterocycles. The van der Waals surface area contributed by atoms with Gasteiger partial charge in [-0.2, -0.15) is 0 Å². The van der Waals surface area contributed by atoms with Crippen LogP contribution in [0.5, 0.6) is 0 Å². The number of aliphatic carboxylic acids is 1. The molecular weight excluding hydrogens is 292 g/mol. The van der Waals surface area contributed by atoms with Crippen LogP contribution in [0.25, 0.3) is 0 Å². The zero-order valence-electron chi connectivity index (χ0n) is 12.2. The number of likely N-dealkylation sites (N-methyl/N-ethyl adjacent to an activating group) is 2. The lowest BCUT2D eigenvalue weighted by Crippen LogP contribution is -2.49. The van der Waals surface area contributed by atoms with Crippen molar-refractivity contribution < 1.29 is 19.4 Å². The predicted molar refractivity (Wildman–Crippen MR) is 79.5 cm³/mol. The molecule has 21 heavy (non-hydrogen) atoms. The van der Waals surface area contributed by atoms with E-state index in [-0.39, 0.29) is 19.2 Å². The lowest BCUT2D eigenvalue weighted by molar-refractivity contribution is -0.142. The molecule has 116 valence electrons. The molecule has 2 unspecified atom stereocenters. The van der Waals surface area contributed by atoms with E-state index in [0.717, 1.165) is 6.42 Å². The van der Waals surface area contributed by atoms with Gasteiger partial charge in [-0.1, -0.05) is 6.07 Å². The Labute approximate surface area is 127 Å². The Morgan fingerprint density at radius 1 is 1.43 bits per heavy atom. The second kappa shape index (κ2) is 6.91. The molecule has 0 saturated carbocycles. The highest BCUT2D eigenvalue weighted by atomic mass is 32.1. The van der Waals surface area contributed by atoms with Crippen LogP contribution in [-0.2, 0) is 16.0 Å². The van der Waals surface area contributed by atoms with Gasteiger partial charge in [0.25, 0.3) is 0 Å². The fraction of sp³-hybridized carbons (Fsp3) is 0.571. The number of nitrogens with zero attached hydrogens (tertiary/aromatic N) is 2. The van der Waals surface area contributed by atoms with Crippen molar-refractivity contribution in [2.75, 3.05) is 33.9 Å². The van der Waals surface area contributed by atoms with E-state index >= 15 is 0 Å². The van der Waals surface area contributed by atoms with Crippen molar-refractivity contribution in [3.63, 3.8) is 0 Å². The van der Waals surface area contributed by atoms with Crippen LogP contribution in [0.2, 0.25) is 0 Å². The van der Waals surface area contributed by atoms with Crippen molar-refractivity contribution in [2.45, 2.75) is 12.5 Å². The number of carboxylic acid groups (broad SMARTS) is 1. The largest absolute Gasteiger partial charge is 0.481 e. The van der Waals surface area contributed by atoms with Crippen LogP contribution in [0.3, 0.4) is 0 Å². The van der Waals surface area contributed by atoms with Gasteiger partial charge < -0.3 is 19.6 Å². The Balaban J connectivity index is 1.90. The first-order chi connectivity index (χ1) is 10.0. The van der Waals surface area contributed by atoms with Crippen LogP contribution in [0, 0.1) is 5.92 Å². The van der Waals surface area contributed by atoms with Gasteiger partial charge in [0.15, 0.2) is 0 Å². The monoisotopic (exact) mass is 312 g/mol. The van der Waals surface area contributed by atoms with Crippen molar-refractivity contribution in [3.05, 3.63) is 22.4 Å². The second-order valence-corrected chi connectivity index (χ2v) is 6.23. The van der Waals surface area contributed by atoms with Crippen LogP contribution in [0.1, 0.15) is 4.88 Å². The van der Waals surface area contributed by atoms with Crippen molar-refractivity contribution in [1.29, 1.82) is 0 Å². The van der Waals surface area contributed by atoms with Crippen molar-refractivity contribution in [3.8, 4) is 0 Å². The molecule has 7 heteroatoms. The molecule has 6 nitrogen and oxygen atoms in total. The van der Waals surface area contributed by atoms with Gasteiger partial charge in [0, 0.05) is 25.5 Å². The number of rotatable bonds is 5. The van der Waals surface area contributed by atoms with Crippen molar-refractivity contribution in [1.82, 2.24) is 9.80 Å². The fourth-order valence-electron chi connectivity index (χ4n) is 2.40. The molecule has 0 bridgehead atoms. The minimum atomic E-state index is -0.918. The number of hydrogen-bond acceptors (Lipinski definition) is 4. The molecule has 1 aromatic rings. The van der Waals surface area contributed by atoms with Crippen LogP contribution >= 0.6 is 11.3 Å². The van der Waals surface area contributed by atoms with Gasteiger partial charge in [-0.05, 0) is 17.9 Å². The standard InChI is InChI=1S/C14H20N2O4S/c1-15(6-5-10-4-3-7-21-10)14(19)16(2)12-9-20-8-11(12)13(17)18/h3-4,7,11-12H,5-6,8-9H2,1-2H3,(H,17,18). The number of amides is 2. The third kappa shape index (κ3) is 3.74.